The smallest absolute Gasteiger partial charge is 0.416 e. The zero-order chi connectivity index (χ0) is 24.3. The normalized spacial score (nSPS) is 11.6. The van der Waals surface area contributed by atoms with Crippen molar-refractivity contribution in [3.8, 4) is 0 Å². The first-order chi connectivity index (χ1) is 16.2. The van der Waals surface area contributed by atoms with E-state index in [9.17, 15) is 22.8 Å². The maximum absolute atomic E-state index is 12.9. The number of carbonyl (C=O) groups excluding carboxylic acids is 2. The molecule has 2 aromatic carbocycles. The lowest BCUT2D eigenvalue weighted by Crippen LogP contribution is -2.13. The predicted molar refractivity (Wildman–Crippen MR) is 122 cm³/mol. The van der Waals surface area contributed by atoms with E-state index in [0.717, 1.165) is 23.1 Å². The molecule has 6 nitrogen and oxygen atoms in total. The number of esters is 1. The number of aromatic nitrogens is 2. The van der Waals surface area contributed by atoms with Gasteiger partial charge in [0.1, 0.15) is 11.3 Å². The maximum atomic E-state index is 12.9. The van der Waals surface area contributed by atoms with Crippen LogP contribution >= 0.6 is 0 Å². The second-order valence-electron chi connectivity index (χ2n) is 7.37. The summed E-state index contributed by atoms with van der Waals surface area (Å²) in [5, 5.41) is 3.23. The molecule has 4 aromatic rings. The third-order valence-electron chi connectivity index (χ3n) is 4.96. The number of amides is 1. The molecule has 2 N–H and O–H groups in total. The molecule has 0 spiro atoms. The minimum Gasteiger partial charge on any atom is -0.464 e. The Morgan fingerprint density at radius 3 is 2.53 bits per heavy atom. The second-order valence-corrected chi connectivity index (χ2v) is 7.37. The molecule has 4 rings (SSSR count). The molecule has 0 atom stereocenters. The Labute approximate surface area is 192 Å². The molecule has 2 heterocycles. The predicted octanol–water partition coefficient (Wildman–Crippen LogP) is 5.79. The lowest BCUT2D eigenvalue weighted by atomic mass is 10.1. The van der Waals surface area contributed by atoms with Gasteiger partial charge in [-0.25, -0.2) is 9.78 Å². The topological polar surface area (TPSA) is 84.1 Å². The number of halogens is 3. The van der Waals surface area contributed by atoms with Gasteiger partial charge in [-0.05, 0) is 53.6 Å². The molecule has 0 radical (unpaired) electrons. The number of alkyl halides is 3. The van der Waals surface area contributed by atoms with Crippen LogP contribution < -0.4 is 5.32 Å². The van der Waals surface area contributed by atoms with Gasteiger partial charge < -0.3 is 15.0 Å². The summed E-state index contributed by atoms with van der Waals surface area (Å²) in [6, 6.07) is 14.6. The van der Waals surface area contributed by atoms with Crippen LogP contribution in [-0.4, -0.2) is 29.0 Å². The van der Waals surface area contributed by atoms with Gasteiger partial charge >= 0.3 is 12.1 Å². The SMILES string of the molecule is COC(=O)c1cc2cc(/C=C/c3cccc(C(=O)Nc4cccc(C(F)(F)F)c4)c3)cnc2[nH]1. The van der Waals surface area contributed by atoms with E-state index in [0.29, 0.717) is 22.5 Å². The van der Waals surface area contributed by atoms with Crippen molar-refractivity contribution in [1.29, 1.82) is 0 Å². The first-order valence-corrected chi connectivity index (χ1v) is 10.1. The number of methoxy groups -OCH3 is 1. The number of benzene rings is 2. The summed E-state index contributed by atoms with van der Waals surface area (Å²) in [5.74, 6) is -1.02. The standard InChI is InChI=1S/C25H18F3N3O3/c1-34-24(33)21-12-18-11-16(14-29-22(18)31-21)9-8-15-4-2-5-17(10-15)23(32)30-20-7-3-6-19(13-20)25(26,27)28/h2-14H,1H3,(H,29,31)(H,30,32)/b9-8+. The Morgan fingerprint density at radius 1 is 1.00 bits per heavy atom. The van der Waals surface area contributed by atoms with Gasteiger partial charge in [0, 0.05) is 22.8 Å². The monoisotopic (exact) mass is 465 g/mol. The van der Waals surface area contributed by atoms with Crippen molar-refractivity contribution < 1.29 is 27.5 Å². The van der Waals surface area contributed by atoms with Gasteiger partial charge in [-0.15, -0.1) is 0 Å². The van der Waals surface area contributed by atoms with E-state index in [1.807, 2.05) is 6.07 Å². The summed E-state index contributed by atoms with van der Waals surface area (Å²) in [6.07, 6.45) is 0.698. The molecule has 0 unspecified atom stereocenters. The minimum absolute atomic E-state index is 0.0537. The van der Waals surface area contributed by atoms with Crippen molar-refractivity contribution >= 4 is 40.7 Å². The lowest BCUT2D eigenvalue weighted by molar-refractivity contribution is -0.137. The number of rotatable bonds is 5. The molecule has 0 aliphatic carbocycles. The Kier molecular flexibility index (Phi) is 6.18. The fourth-order valence-corrected chi connectivity index (χ4v) is 3.30. The van der Waals surface area contributed by atoms with Crippen molar-refractivity contribution in [3.63, 3.8) is 0 Å². The number of hydrogen-bond acceptors (Lipinski definition) is 4. The fourth-order valence-electron chi connectivity index (χ4n) is 3.30. The van der Waals surface area contributed by atoms with Gasteiger partial charge in [0.15, 0.2) is 0 Å². The quantitative estimate of drug-likeness (QED) is 0.366. The number of H-pyrrole nitrogens is 1. The average molecular weight is 465 g/mol. The molecule has 34 heavy (non-hydrogen) atoms. The molecule has 172 valence electrons. The van der Waals surface area contributed by atoms with Crippen LogP contribution in [0.3, 0.4) is 0 Å². The third-order valence-corrected chi connectivity index (χ3v) is 4.96. The maximum Gasteiger partial charge on any atom is 0.416 e. The van der Waals surface area contributed by atoms with Crippen molar-refractivity contribution in [3.05, 3.63) is 94.8 Å². The zero-order valence-electron chi connectivity index (χ0n) is 17.8. The van der Waals surface area contributed by atoms with E-state index < -0.39 is 23.6 Å². The molecule has 0 saturated heterocycles. The van der Waals surface area contributed by atoms with Gasteiger partial charge in [-0.3, -0.25) is 4.79 Å². The number of fused-ring (bicyclic) bond motifs is 1. The van der Waals surface area contributed by atoms with Crippen LogP contribution in [-0.2, 0) is 10.9 Å². The summed E-state index contributed by atoms with van der Waals surface area (Å²) in [5.41, 5.74) is 1.83. The van der Waals surface area contributed by atoms with Crippen LogP contribution in [0, 0.1) is 0 Å². The Morgan fingerprint density at radius 2 is 1.76 bits per heavy atom. The van der Waals surface area contributed by atoms with Gasteiger partial charge in [-0.1, -0.05) is 30.4 Å². The molecule has 1 amide bonds. The third kappa shape index (κ3) is 5.15. The number of pyridine rings is 1. The molecule has 0 aliphatic rings. The number of carbonyl (C=O) groups is 2. The van der Waals surface area contributed by atoms with Gasteiger partial charge in [0.2, 0.25) is 0 Å². The molecule has 2 aromatic heterocycles. The van der Waals surface area contributed by atoms with E-state index in [1.54, 1.807) is 48.7 Å². The fraction of sp³-hybridized carbons (Fsp3) is 0.0800. The van der Waals surface area contributed by atoms with Crippen LogP contribution in [0.1, 0.15) is 37.5 Å². The Balaban J connectivity index is 1.50. The first-order valence-electron chi connectivity index (χ1n) is 10.1. The number of nitrogens with one attached hydrogen (secondary N) is 2. The molecular weight excluding hydrogens is 447 g/mol. The highest BCUT2D eigenvalue weighted by Crippen LogP contribution is 2.30. The number of nitrogens with zero attached hydrogens (tertiary/aromatic N) is 1. The second kappa shape index (κ2) is 9.22. The largest absolute Gasteiger partial charge is 0.464 e. The highest BCUT2D eigenvalue weighted by Gasteiger charge is 2.30. The summed E-state index contributed by atoms with van der Waals surface area (Å²) in [4.78, 5) is 31.4. The van der Waals surface area contributed by atoms with Crippen molar-refractivity contribution in [1.82, 2.24) is 9.97 Å². The molecule has 0 saturated carbocycles. The molecule has 0 bridgehead atoms. The molecular formula is C25H18F3N3O3. The summed E-state index contributed by atoms with van der Waals surface area (Å²) < 4.78 is 43.4. The highest BCUT2D eigenvalue weighted by atomic mass is 19.4. The van der Waals surface area contributed by atoms with E-state index in [1.165, 1.54) is 19.2 Å². The first kappa shape index (κ1) is 22.8. The average Bonchev–Trinajstić information content (AvgIpc) is 3.25. The van der Waals surface area contributed by atoms with Crippen LogP contribution in [0.5, 0.6) is 0 Å². The Bertz CT molecular complexity index is 1410. The van der Waals surface area contributed by atoms with Gasteiger partial charge in [0.05, 0.1) is 12.7 Å². The number of aromatic amines is 1. The van der Waals surface area contributed by atoms with E-state index in [4.69, 9.17) is 4.74 Å². The van der Waals surface area contributed by atoms with Crippen molar-refractivity contribution in [2.75, 3.05) is 12.4 Å². The van der Waals surface area contributed by atoms with E-state index >= 15 is 0 Å². The van der Waals surface area contributed by atoms with Crippen molar-refractivity contribution in [2.45, 2.75) is 6.18 Å². The van der Waals surface area contributed by atoms with Crippen LogP contribution in [0.15, 0.2) is 66.9 Å². The molecule has 9 heteroatoms. The summed E-state index contributed by atoms with van der Waals surface area (Å²) >= 11 is 0. The molecule has 0 aliphatic heterocycles. The lowest BCUT2D eigenvalue weighted by Gasteiger charge is -2.10. The van der Waals surface area contributed by atoms with Gasteiger partial charge in [0.25, 0.3) is 5.91 Å². The van der Waals surface area contributed by atoms with Crippen LogP contribution in [0.25, 0.3) is 23.2 Å². The molecule has 0 fully saturated rings. The zero-order valence-corrected chi connectivity index (χ0v) is 17.8. The number of ether oxygens (including phenoxy) is 1. The summed E-state index contributed by atoms with van der Waals surface area (Å²) in [7, 11) is 1.30. The summed E-state index contributed by atoms with van der Waals surface area (Å²) in [6.45, 7) is 0. The number of anilines is 1. The van der Waals surface area contributed by atoms with E-state index in [-0.39, 0.29) is 5.69 Å². The van der Waals surface area contributed by atoms with Crippen LogP contribution in [0.2, 0.25) is 0 Å². The number of hydrogen-bond donors (Lipinski definition) is 2. The van der Waals surface area contributed by atoms with Crippen molar-refractivity contribution in [2.24, 2.45) is 0 Å². The van der Waals surface area contributed by atoms with Gasteiger partial charge in [-0.2, -0.15) is 13.2 Å². The Hall–Kier alpha value is -4.40. The van der Waals surface area contributed by atoms with E-state index in [2.05, 4.69) is 15.3 Å². The van der Waals surface area contributed by atoms with Crippen LogP contribution in [0.4, 0.5) is 18.9 Å². The minimum atomic E-state index is -4.50. The highest BCUT2D eigenvalue weighted by molar-refractivity contribution is 6.04.